The number of thiazole rings is 1. The Kier molecular flexibility index (Phi) is 6.10. The van der Waals surface area contributed by atoms with Crippen LogP contribution in [0.15, 0.2) is 42.5 Å². The molecule has 0 spiro atoms. The predicted molar refractivity (Wildman–Crippen MR) is 108 cm³/mol. The molecule has 0 saturated heterocycles. The maximum absolute atomic E-state index is 13.9. The summed E-state index contributed by atoms with van der Waals surface area (Å²) in [6.07, 6.45) is 0.938. The molecule has 146 valence electrons. The van der Waals surface area contributed by atoms with Crippen LogP contribution in [0.2, 0.25) is 0 Å². The summed E-state index contributed by atoms with van der Waals surface area (Å²) in [6.45, 7) is 2.70. The van der Waals surface area contributed by atoms with Gasteiger partial charge in [0, 0.05) is 11.3 Å². The molecule has 28 heavy (non-hydrogen) atoms. The highest BCUT2D eigenvalue weighted by atomic mass is 32.1. The van der Waals surface area contributed by atoms with Gasteiger partial charge in [0.05, 0.1) is 13.7 Å². The average molecular weight is 401 g/mol. The van der Waals surface area contributed by atoms with Crippen molar-refractivity contribution in [3.05, 3.63) is 58.7 Å². The van der Waals surface area contributed by atoms with Gasteiger partial charge in [-0.25, -0.2) is 9.37 Å². The fourth-order valence-electron chi connectivity index (χ4n) is 2.46. The molecular formula is C20H20FN3O3S. The lowest BCUT2D eigenvalue weighted by molar-refractivity contribution is 0.104. The molecule has 0 atom stereocenters. The summed E-state index contributed by atoms with van der Waals surface area (Å²) in [5, 5.41) is 3.58. The predicted octanol–water partition coefficient (Wildman–Crippen LogP) is 4.64. The molecule has 3 aromatic rings. The molecule has 2 aromatic carbocycles. The monoisotopic (exact) mass is 401 g/mol. The third-order valence-corrected chi connectivity index (χ3v) is 4.84. The topological polar surface area (TPSA) is 86.5 Å². The van der Waals surface area contributed by atoms with Gasteiger partial charge < -0.3 is 20.5 Å². The number of hydrogen-bond donors (Lipinski definition) is 2. The molecule has 0 aliphatic rings. The van der Waals surface area contributed by atoms with E-state index >= 15 is 0 Å². The molecule has 6 nitrogen and oxygen atoms in total. The van der Waals surface area contributed by atoms with Gasteiger partial charge in [-0.05, 0) is 48.9 Å². The molecule has 1 heterocycles. The van der Waals surface area contributed by atoms with Crippen molar-refractivity contribution in [2.75, 3.05) is 24.8 Å². The number of benzene rings is 2. The van der Waals surface area contributed by atoms with E-state index in [-0.39, 0.29) is 22.0 Å². The van der Waals surface area contributed by atoms with Gasteiger partial charge in [-0.2, -0.15) is 0 Å². The Morgan fingerprint density at radius 3 is 2.64 bits per heavy atom. The molecule has 0 saturated carbocycles. The number of anilines is 3. The Bertz CT molecular complexity index is 973. The van der Waals surface area contributed by atoms with Crippen LogP contribution in [0.5, 0.6) is 11.5 Å². The molecule has 8 heteroatoms. The van der Waals surface area contributed by atoms with Crippen molar-refractivity contribution in [2.45, 2.75) is 13.3 Å². The lowest BCUT2D eigenvalue weighted by Gasteiger charge is -2.06. The number of nitrogens with zero attached hydrogens (tertiary/aromatic N) is 1. The summed E-state index contributed by atoms with van der Waals surface area (Å²) in [5.41, 5.74) is 6.87. The van der Waals surface area contributed by atoms with Crippen LogP contribution in [0.1, 0.15) is 28.6 Å². The van der Waals surface area contributed by atoms with E-state index in [4.69, 9.17) is 15.2 Å². The smallest absolute Gasteiger partial charge is 0.206 e. The van der Waals surface area contributed by atoms with Gasteiger partial charge in [0.1, 0.15) is 16.4 Å². The fraction of sp³-hybridized carbons (Fsp3) is 0.200. The Labute approximate surface area is 166 Å². The normalized spacial score (nSPS) is 10.5. The fourth-order valence-corrected chi connectivity index (χ4v) is 3.33. The van der Waals surface area contributed by atoms with Crippen LogP contribution < -0.4 is 20.5 Å². The second-order valence-electron chi connectivity index (χ2n) is 5.91. The number of ketones is 1. The number of nitrogens with two attached hydrogens (primary N) is 1. The number of carbonyl (C=O) groups is 1. The number of methoxy groups -OCH3 is 1. The van der Waals surface area contributed by atoms with Crippen molar-refractivity contribution in [3.8, 4) is 11.5 Å². The summed E-state index contributed by atoms with van der Waals surface area (Å²) in [7, 11) is 1.36. The van der Waals surface area contributed by atoms with E-state index in [1.165, 1.54) is 19.2 Å². The first-order valence-corrected chi connectivity index (χ1v) is 9.48. The zero-order chi connectivity index (χ0) is 20.1. The van der Waals surface area contributed by atoms with Crippen molar-refractivity contribution in [1.82, 2.24) is 4.98 Å². The molecule has 3 rings (SSSR count). The van der Waals surface area contributed by atoms with E-state index < -0.39 is 11.6 Å². The number of halogens is 1. The molecule has 1 aromatic heterocycles. The van der Waals surface area contributed by atoms with Gasteiger partial charge in [-0.15, -0.1) is 0 Å². The van der Waals surface area contributed by atoms with E-state index in [2.05, 4.69) is 10.3 Å². The Hall–Kier alpha value is -3.13. The summed E-state index contributed by atoms with van der Waals surface area (Å²) in [4.78, 5) is 17.1. The van der Waals surface area contributed by atoms with E-state index in [1.807, 2.05) is 31.2 Å². The zero-order valence-electron chi connectivity index (χ0n) is 15.5. The Morgan fingerprint density at radius 1 is 1.25 bits per heavy atom. The minimum absolute atomic E-state index is 0.0718. The highest BCUT2D eigenvalue weighted by Crippen LogP contribution is 2.31. The van der Waals surface area contributed by atoms with Crippen molar-refractivity contribution in [3.63, 3.8) is 0 Å². The number of nitrogen functional groups attached to an aromatic ring is 1. The van der Waals surface area contributed by atoms with Crippen LogP contribution in [-0.2, 0) is 0 Å². The van der Waals surface area contributed by atoms with Crippen LogP contribution in [-0.4, -0.2) is 24.5 Å². The first kappa shape index (κ1) is 19.6. The largest absolute Gasteiger partial charge is 0.494 e. The van der Waals surface area contributed by atoms with E-state index in [1.54, 1.807) is 0 Å². The number of carbonyl (C=O) groups excluding carboxylic acids is 1. The van der Waals surface area contributed by atoms with Gasteiger partial charge in [-0.3, -0.25) is 4.79 Å². The molecule has 0 aliphatic carbocycles. The van der Waals surface area contributed by atoms with Crippen LogP contribution >= 0.6 is 11.3 Å². The third-order valence-electron chi connectivity index (χ3n) is 3.85. The van der Waals surface area contributed by atoms with Crippen molar-refractivity contribution >= 4 is 33.8 Å². The van der Waals surface area contributed by atoms with Gasteiger partial charge in [0.25, 0.3) is 0 Å². The van der Waals surface area contributed by atoms with Crippen molar-refractivity contribution in [2.24, 2.45) is 0 Å². The number of hydrogen-bond acceptors (Lipinski definition) is 7. The van der Waals surface area contributed by atoms with Crippen molar-refractivity contribution < 1.29 is 18.7 Å². The number of ether oxygens (including phenoxy) is 2. The molecule has 0 bridgehead atoms. The lowest BCUT2D eigenvalue weighted by Crippen LogP contribution is -2.03. The van der Waals surface area contributed by atoms with Crippen LogP contribution in [0.4, 0.5) is 21.0 Å². The highest BCUT2D eigenvalue weighted by molar-refractivity contribution is 7.18. The molecule has 0 radical (unpaired) electrons. The van der Waals surface area contributed by atoms with Gasteiger partial charge >= 0.3 is 0 Å². The number of nitrogens with one attached hydrogen (secondary N) is 1. The van der Waals surface area contributed by atoms with Gasteiger partial charge in [0.15, 0.2) is 16.7 Å². The second-order valence-corrected chi connectivity index (χ2v) is 6.91. The van der Waals surface area contributed by atoms with E-state index in [0.717, 1.165) is 35.3 Å². The molecule has 0 amide bonds. The molecule has 3 N–H and O–H groups in total. The molecule has 0 aliphatic heterocycles. The van der Waals surface area contributed by atoms with Crippen molar-refractivity contribution in [1.29, 1.82) is 0 Å². The molecule has 0 fully saturated rings. The Balaban J connectivity index is 1.75. The SMILES string of the molecule is CCCOc1ccc(Nc2nc(N)c(C(=O)c3ccc(OC)c(F)c3)s2)cc1. The van der Waals surface area contributed by atoms with E-state index in [9.17, 15) is 9.18 Å². The number of rotatable bonds is 8. The van der Waals surface area contributed by atoms with Gasteiger partial charge in [0.2, 0.25) is 5.78 Å². The minimum Gasteiger partial charge on any atom is -0.494 e. The second kappa shape index (κ2) is 8.71. The standard InChI is InChI=1S/C20H20FN3O3S/c1-3-10-27-14-7-5-13(6-8-14)23-20-24-19(22)18(28-20)17(25)12-4-9-16(26-2)15(21)11-12/h4-9,11H,3,10,22H2,1-2H3,(H,23,24). The summed E-state index contributed by atoms with van der Waals surface area (Å²) in [5.74, 6) is -0.0595. The highest BCUT2D eigenvalue weighted by Gasteiger charge is 2.19. The summed E-state index contributed by atoms with van der Waals surface area (Å²) in [6, 6.07) is 11.4. The first-order valence-electron chi connectivity index (χ1n) is 8.66. The maximum atomic E-state index is 13.9. The first-order chi connectivity index (χ1) is 13.5. The van der Waals surface area contributed by atoms with Crippen LogP contribution in [0.25, 0.3) is 0 Å². The average Bonchev–Trinajstić information content (AvgIpc) is 3.06. The van der Waals surface area contributed by atoms with E-state index in [0.29, 0.717) is 11.7 Å². The molecule has 0 unspecified atom stereocenters. The summed E-state index contributed by atoms with van der Waals surface area (Å²) < 4.78 is 24.3. The van der Waals surface area contributed by atoms with Crippen LogP contribution in [0.3, 0.4) is 0 Å². The minimum atomic E-state index is -0.611. The quantitative estimate of drug-likeness (QED) is 0.535. The lowest BCUT2D eigenvalue weighted by atomic mass is 10.1. The molecular weight excluding hydrogens is 381 g/mol. The Morgan fingerprint density at radius 2 is 2.00 bits per heavy atom. The zero-order valence-corrected chi connectivity index (χ0v) is 16.3. The maximum Gasteiger partial charge on any atom is 0.206 e. The summed E-state index contributed by atoms with van der Waals surface area (Å²) >= 11 is 1.11. The van der Waals surface area contributed by atoms with Crippen LogP contribution in [0, 0.1) is 5.82 Å². The third kappa shape index (κ3) is 4.40. The van der Waals surface area contributed by atoms with Gasteiger partial charge in [-0.1, -0.05) is 18.3 Å². The number of aromatic nitrogens is 1.